The van der Waals surface area contributed by atoms with Crippen LogP contribution in [0.5, 0.6) is 11.5 Å². The number of hydrogen-bond donors (Lipinski definition) is 3. The van der Waals surface area contributed by atoms with Crippen molar-refractivity contribution in [3.8, 4) is 11.5 Å². The summed E-state index contributed by atoms with van der Waals surface area (Å²) in [7, 11) is -5.00. The van der Waals surface area contributed by atoms with Gasteiger partial charge in [-0.05, 0) is 47.5 Å². The van der Waals surface area contributed by atoms with E-state index in [0.717, 1.165) is 6.07 Å². The van der Waals surface area contributed by atoms with Gasteiger partial charge in [-0.3, -0.25) is 4.55 Å². The van der Waals surface area contributed by atoms with E-state index >= 15 is 0 Å². The molecule has 0 aromatic heterocycles. The molecule has 3 rings (SSSR count). The van der Waals surface area contributed by atoms with Gasteiger partial charge in [0.15, 0.2) is 4.75 Å². The van der Waals surface area contributed by atoms with Gasteiger partial charge in [0.25, 0.3) is 10.1 Å². The van der Waals surface area contributed by atoms with Gasteiger partial charge in [0.2, 0.25) is 0 Å². The number of phenols is 2. The van der Waals surface area contributed by atoms with E-state index in [-0.39, 0.29) is 42.5 Å². The van der Waals surface area contributed by atoms with E-state index in [4.69, 9.17) is 46.4 Å². The van der Waals surface area contributed by atoms with Gasteiger partial charge in [-0.1, -0.05) is 64.6 Å². The highest BCUT2D eigenvalue weighted by Gasteiger charge is 2.50. The van der Waals surface area contributed by atoms with Crippen LogP contribution in [-0.4, -0.2) is 23.2 Å². The lowest BCUT2D eigenvalue weighted by Gasteiger charge is -2.33. The van der Waals surface area contributed by atoms with Crippen LogP contribution in [0.2, 0.25) is 20.1 Å². The fourth-order valence-electron chi connectivity index (χ4n) is 3.13. The first-order valence-electron chi connectivity index (χ1n) is 7.89. The fraction of sp³-hybridized carbons (Fsp3) is 0.0526. The monoisotopic (exact) mass is 492 g/mol. The van der Waals surface area contributed by atoms with E-state index < -0.39 is 20.6 Å². The van der Waals surface area contributed by atoms with Crippen LogP contribution in [0.25, 0.3) is 0 Å². The lowest BCUT2D eigenvalue weighted by Crippen LogP contribution is -2.38. The zero-order valence-electron chi connectivity index (χ0n) is 14.3. The van der Waals surface area contributed by atoms with Crippen molar-refractivity contribution in [1.82, 2.24) is 0 Å². The largest absolute Gasteiger partial charge is 0.508 e. The van der Waals surface area contributed by atoms with E-state index in [2.05, 4.69) is 0 Å². The molecule has 0 fully saturated rings. The highest BCUT2D eigenvalue weighted by molar-refractivity contribution is 7.87. The Morgan fingerprint density at radius 1 is 0.690 bits per heavy atom. The molecule has 5 nitrogen and oxygen atoms in total. The Balaban J connectivity index is 2.56. The van der Waals surface area contributed by atoms with Crippen LogP contribution in [0.15, 0.2) is 54.6 Å². The molecule has 3 N–H and O–H groups in total. The third-order valence-electron chi connectivity index (χ3n) is 4.40. The number of halogens is 4. The molecule has 0 aliphatic rings. The second kappa shape index (κ2) is 7.87. The molecule has 0 bridgehead atoms. The first kappa shape index (κ1) is 22.0. The summed E-state index contributed by atoms with van der Waals surface area (Å²) >= 11 is 24.3. The predicted molar refractivity (Wildman–Crippen MR) is 114 cm³/mol. The van der Waals surface area contributed by atoms with Crippen molar-refractivity contribution in [2.45, 2.75) is 4.75 Å². The smallest absolute Gasteiger partial charge is 0.283 e. The average molecular weight is 494 g/mol. The Morgan fingerprint density at radius 3 is 1.79 bits per heavy atom. The van der Waals surface area contributed by atoms with Gasteiger partial charge in [-0.15, -0.1) is 0 Å². The highest BCUT2D eigenvalue weighted by Crippen LogP contribution is 2.49. The number of phenolic OH excluding ortho intramolecular Hbond substituents is 2. The third-order valence-corrected chi connectivity index (χ3v) is 7.22. The molecule has 0 radical (unpaired) electrons. The topological polar surface area (TPSA) is 94.8 Å². The van der Waals surface area contributed by atoms with Crippen LogP contribution in [-0.2, 0) is 14.9 Å². The summed E-state index contributed by atoms with van der Waals surface area (Å²) in [5.74, 6) is -0.538. The minimum atomic E-state index is -5.00. The molecule has 0 aliphatic heterocycles. The van der Waals surface area contributed by atoms with Crippen molar-refractivity contribution in [3.05, 3.63) is 91.4 Å². The average Bonchev–Trinajstić information content (AvgIpc) is 2.63. The summed E-state index contributed by atoms with van der Waals surface area (Å²) in [5.41, 5.74) is -0.142. The molecular formula is C19H12Cl4O5S. The zero-order chi connectivity index (χ0) is 21.6. The fourth-order valence-corrected chi connectivity index (χ4v) is 5.30. The highest BCUT2D eigenvalue weighted by atomic mass is 35.5. The van der Waals surface area contributed by atoms with Crippen molar-refractivity contribution in [3.63, 3.8) is 0 Å². The minimum absolute atomic E-state index is 0.00365. The molecule has 10 heteroatoms. The maximum absolute atomic E-state index is 12.9. The number of rotatable bonds is 4. The molecule has 152 valence electrons. The van der Waals surface area contributed by atoms with Crippen molar-refractivity contribution in [2.75, 3.05) is 0 Å². The van der Waals surface area contributed by atoms with Gasteiger partial charge >= 0.3 is 0 Å². The van der Waals surface area contributed by atoms with Crippen molar-refractivity contribution in [1.29, 1.82) is 0 Å². The Hall–Kier alpha value is -1.67. The van der Waals surface area contributed by atoms with Gasteiger partial charge in [0, 0.05) is 10.6 Å². The first-order valence-corrected chi connectivity index (χ1v) is 10.8. The van der Waals surface area contributed by atoms with Crippen LogP contribution in [0.3, 0.4) is 0 Å². The van der Waals surface area contributed by atoms with Crippen LogP contribution in [0.4, 0.5) is 0 Å². The summed E-state index contributed by atoms with van der Waals surface area (Å²) in [6.07, 6.45) is 0. The number of benzene rings is 3. The standard InChI is InChI=1S/C19H12Cl4O5S/c20-14-6-3-11(7-18(14)25)19(29(26,27)28,10-1-4-12(24)5-2-10)13-8-16(22)17(23)9-15(13)21/h1-9,24-25H,(H,26,27,28). The quantitative estimate of drug-likeness (QED) is 0.239. The molecule has 0 heterocycles. The summed E-state index contributed by atoms with van der Waals surface area (Å²) in [5, 5.41) is 19.7. The molecular weight excluding hydrogens is 482 g/mol. The summed E-state index contributed by atoms with van der Waals surface area (Å²) in [4.78, 5) is 0. The maximum atomic E-state index is 12.9. The van der Waals surface area contributed by atoms with Crippen LogP contribution in [0, 0.1) is 0 Å². The lowest BCUT2D eigenvalue weighted by atomic mass is 9.83. The van der Waals surface area contributed by atoms with Gasteiger partial charge in [0.1, 0.15) is 11.5 Å². The molecule has 0 saturated carbocycles. The normalized spacial score (nSPS) is 13.8. The molecule has 1 unspecified atom stereocenters. The summed E-state index contributed by atoms with van der Waals surface area (Å²) < 4.78 is 34.0. The van der Waals surface area contributed by atoms with E-state index in [1.165, 1.54) is 48.5 Å². The molecule has 3 aromatic carbocycles. The van der Waals surface area contributed by atoms with Gasteiger partial charge in [-0.25, -0.2) is 0 Å². The Labute approximate surface area is 186 Å². The zero-order valence-corrected chi connectivity index (χ0v) is 18.1. The van der Waals surface area contributed by atoms with Crippen molar-refractivity contribution in [2.24, 2.45) is 0 Å². The maximum Gasteiger partial charge on any atom is 0.283 e. The molecule has 1 atom stereocenters. The van der Waals surface area contributed by atoms with Gasteiger partial charge < -0.3 is 10.2 Å². The molecule has 0 spiro atoms. The summed E-state index contributed by atoms with van der Waals surface area (Å²) in [6, 6.07) is 11.3. The Morgan fingerprint density at radius 2 is 1.24 bits per heavy atom. The molecule has 29 heavy (non-hydrogen) atoms. The van der Waals surface area contributed by atoms with Crippen molar-refractivity contribution >= 4 is 56.5 Å². The van der Waals surface area contributed by atoms with E-state index in [1.807, 2.05) is 0 Å². The predicted octanol–water partition coefficient (Wildman–Crippen LogP) is 5.89. The van der Waals surface area contributed by atoms with E-state index in [1.54, 1.807) is 0 Å². The second-order valence-electron chi connectivity index (χ2n) is 6.12. The number of aromatic hydroxyl groups is 2. The minimum Gasteiger partial charge on any atom is -0.508 e. The van der Waals surface area contributed by atoms with Crippen LogP contribution < -0.4 is 0 Å². The van der Waals surface area contributed by atoms with Crippen LogP contribution >= 0.6 is 46.4 Å². The number of hydrogen-bond acceptors (Lipinski definition) is 4. The van der Waals surface area contributed by atoms with E-state index in [0.29, 0.717) is 0 Å². The molecule has 3 aromatic rings. The van der Waals surface area contributed by atoms with Crippen LogP contribution in [0.1, 0.15) is 16.7 Å². The Kier molecular flexibility index (Phi) is 5.98. The Bertz CT molecular complexity index is 1200. The molecule has 0 aliphatic carbocycles. The van der Waals surface area contributed by atoms with Gasteiger partial charge in [-0.2, -0.15) is 8.42 Å². The second-order valence-corrected chi connectivity index (χ2v) is 9.31. The lowest BCUT2D eigenvalue weighted by molar-refractivity contribution is 0.455. The third kappa shape index (κ3) is 3.77. The van der Waals surface area contributed by atoms with Gasteiger partial charge in [0.05, 0.1) is 15.1 Å². The van der Waals surface area contributed by atoms with E-state index in [9.17, 15) is 23.2 Å². The molecule has 0 saturated heterocycles. The SMILES string of the molecule is O=S(=O)(O)C(c1ccc(O)cc1)(c1ccc(Cl)c(O)c1)c1cc(Cl)c(Cl)cc1Cl. The molecule has 0 amide bonds. The summed E-state index contributed by atoms with van der Waals surface area (Å²) in [6.45, 7) is 0. The van der Waals surface area contributed by atoms with Crippen molar-refractivity contribution < 1.29 is 23.2 Å². The first-order chi connectivity index (χ1) is 13.5.